The van der Waals surface area contributed by atoms with Crippen LogP contribution in [0.3, 0.4) is 0 Å². The van der Waals surface area contributed by atoms with Crippen LogP contribution in [-0.4, -0.2) is 25.6 Å². The van der Waals surface area contributed by atoms with Crippen LogP contribution in [0.25, 0.3) is 0 Å². The van der Waals surface area contributed by atoms with E-state index in [0.29, 0.717) is 18.9 Å². The number of para-hydroxylation sites is 1. The molecule has 0 radical (unpaired) electrons. The fourth-order valence-electron chi connectivity index (χ4n) is 3.98. The Kier molecular flexibility index (Phi) is 5.84. The lowest BCUT2D eigenvalue weighted by molar-refractivity contribution is 0.298. The summed E-state index contributed by atoms with van der Waals surface area (Å²) in [4.78, 5) is 6.95. The third-order valence-corrected chi connectivity index (χ3v) is 7.55. The van der Waals surface area contributed by atoms with Gasteiger partial charge in [0.25, 0.3) is 0 Å². The van der Waals surface area contributed by atoms with Crippen molar-refractivity contribution in [3.63, 3.8) is 0 Å². The average Bonchev–Trinajstić information content (AvgIpc) is 3.32. The number of sulfone groups is 1. The molecule has 0 spiro atoms. The Labute approximate surface area is 194 Å². The molecule has 0 amide bonds. The molecule has 0 aliphatic carbocycles. The van der Waals surface area contributed by atoms with Crippen LogP contribution < -0.4 is 4.74 Å². The first-order valence-corrected chi connectivity index (χ1v) is 12.3. The third kappa shape index (κ3) is 4.61. The molecule has 3 aromatic carbocycles. The second kappa shape index (κ2) is 9.08. The summed E-state index contributed by atoms with van der Waals surface area (Å²) in [6, 6.07) is 23.7. The Morgan fingerprint density at radius 3 is 2.48 bits per heavy atom. The predicted molar refractivity (Wildman–Crippen MR) is 129 cm³/mol. The van der Waals surface area contributed by atoms with Crippen molar-refractivity contribution in [1.29, 1.82) is 0 Å². The molecule has 0 saturated carbocycles. The molecule has 166 valence electrons. The summed E-state index contributed by atoms with van der Waals surface area (Å²) in [7, 11) is -3.72. The largest absolute Gasteiger partial charge is 0.488 e. The zero-order valence-corrected chi connectivity index (χ0v) is 18.9. The molecule has 5 nitrogen and oxygen atoms in total. The summed E-state index contributed by atoms with van der Waals surface area (Å²) < 4.78 is 32.6. The minimum absolute atomic E-state index is 0.171. The minimum Gasteiger partial charge on any atom is -0.488 e. The van der Waals surface area contributed by atoms with E-state index in [2.05, 4.69) is 22.2 Å². The van der Waals surface area contributed by atoms with Crippen LogP contribution in [0.1, 0.15) is 17.5 Å². The van der Waals surface area contributed by atoms with Crippen molar-refractivity contribution in [1.82, 2.24) is 4.90 Å². The van der Waals surface area contributed by atoms with Crippen LogP contribution in [0.5, 0.6) is 5.75 Å². The first-order chi connectivity index (χ1) is 16.1. The summed E-state index contributed by atoms with van der Waals surface area (Å²) in [6.07, 6.45) is 9.08. The van der Waals surface area contributed by atoms with Gasteiger partial charge in [-0.15, -0.1) is 0 Å². The SMILES string of the molecule is O=S(=O)(c1ccc(CN2C=CC3N=CCC3=C2)cc1)c1ccccc1OCc1ccccc1. The first kappa shape index (κ1) is 21.2. The van der Waals surface area contributed by atoms with Gasteiger partial charge in [-0.25, -0.2) is 8.42 Å². The van der Waals surface area contributed by atoms with Gasteiger partial charge < -0.3 is 9.64 Å². The van der Waals surface area contributed by atoms with Gasteiger partial charge in [-0.3, -0.25) is 4.99 Å². The molecule has 6 heteroatoms. The van der Waals surface area contributed by atoms with E-state index in [1.54, 1.807) is 36.4 Å². The van der Waals surface area contributed by atoms with Crippen molar-refractivity contribution in [3.8, 4) is 5.75 Å². The quantitative estimate of drug-likeness (QED) is 0.493. The average molecular weight is 457 g/mol. The number of aliphatic imine (C=N–C) groups is 1. The zero-order chi connectivity index (χ0) is 22.7. The Hall–Kier alpha value is -3.64. The molecule has 0 N–H and O–H groups in total. The number of nitrogens with zero attached hydrogens (tertiary/aromatic N) is 2. The van der Waals surface area contributed by atoms with Gasteiger partial charge in [0.2, 0.25) is 9.84 Å². The standard InChI is InChI=1S/C27H24N2O3S/c30-33(31,27-9-5-4-8-26(27)32-20-22-6-2-1-3-7-22)24-12-10-21(11-13-24)18-29-17-15-25-23(19-29)14-16-28-25/h1-13,15-17,19,25H,14,18,20H2. The molecule has 2 heterocycles. The van der Waals surface area contributed by atoms with Crippen molar-refractivity contribution in [2.45, 2.75) is 35.4 Å². The Morgan fingerprint density at radius 1 is 0.909 bits per heavy atom. The number of ether oxygens (including phenoxy) is 1. The van der Waals surface area contributed by atoms with Crippen molar-refractivity contribution in [3.05, 3.63) is 114 Å². The molecule has 2 aliphatic rings. The highest BCUT2D eigenvalue weighted by atomic mass is 32.2. The summed E-state index contributed by atoms with van der Waals surface area (Å²) in [5, 5.41) is 0. The highest BCUT2D eigenvalue weighted by molar-refractivity contribution is 7.91. The molecular formula is C27H24N2O3S. The maximum atomic E-state index is 13.4. The van der Waals surface area contributed by atoms with Crippen LogP contribution in [0.15, 0.2) is 118 Å². The van der Waals surface area contributed by atoms with Gasteiger partial charge in [0.05, 0.1) is 10.9 Å². The number of fused-ring (bicyclic) bond motifs is 1. The smallest absolute Gasteiger partial charge is 0.210 e. The van der Waals surface area contributed by atoms with Crippen LogP contribution in [0, 0.1) is 0 Å². The van der Waals surface area contributed by atoms with Gasteiger partial charge in [0.1, 0.15) is 17.3 Å². The molecule has 1 atom stereocenters. The van der Waals surface area contributed by atoms with Gasteiger partial charge in [0, 0.05) is 31.6 Å². The second-order valence-electron chi connectivity index (χ2n) is 8.07. The Morgan fingerprint density at radius 2 is 1.67 bits per heavy atom. The van der Waals surface area contributed by atoms with Gasteiger partial charge in [-0.1, -0.05) is 54.6 Å². The molecule has 5 rings (SSSR count). The second-order valence-corrected chi connectivity index (χ2v) is 9.98. The van der Waals surface area contributed by atoms with E-state index in [1.807, 2.05) is 54.9 Å². The molecular weight excluding hydrogens is 432 g/mol. The van der Waals surface area contributed by atoms with E-state index in [-0.39, 0.29) is 15.8 Å². The molecule has 0 bridgehead atoms. The Balaban J connectivity index is 1.32. The summed E-state index contributed by atoms with van der Waals surface area (Å²) in [6.45, 7) is 0.973. The first-order valence-electron chi connectivity index (χ1n) is 10.9. The Bertz CT molecular complexity index is 1330. The van der Waals surface area contributed by atoms with E-state index in [9.17, 15) is 8.42 Å². The van der Waals surface area contributed by atoms with E-state index in [0.717, 1.165) is 17.5 Å². The van der Waals surface area contributed by atoms with Crippen molar-refractivity contribution >= 4 is 16.1 Å². The lowest BCUT2D eigenvalue weighted by Crippen LogP contribution is -2.17. The van der Waals surface area contributed by atoms with Crippen LogP contribution in [0.2, 0.25) is 0 Å². The summed E-state index contributed by atoms with van der Waals surface area (Å²) >= 11 is 0. The van der Waals surface area contributed by atoms with Crippen LogP contribution in [0.4, 0.5) is 0 Å². The van der Waals surface area contributed by atoms with Crippen molar-refractivity contribution in [2.75, 3.05) is 0 Å². The fourth-order valence-corrected chi connectivity index (χ4v) is 5.37. The molecule has 3 aromatic rings. The van der Waals surface area contributed by atoms with Gasteiger partial charge in [0.15, 0.2) is 0 Å². The fraction of sp³-hybridized carbons (Fsp3) is 0.148. The van der Waals surface area contributed by atoms with Gasteiger partial charge >= 0.3 is 0 Å². The summed E-state index contributed by atoms with van der Waals surface area (Å²) in [5.74, 6) is 0.351. The monoisotopic (exact) mass is 456 g/mol. The lowest BCUT2D eigenvalue weighted by Gasteiger charge is -2.22. The molecule has 33 heavy (non-hydrogen) atoms. The highest BCUT2D eigenvalue weighted by Gasteiger charge is 2.23. The molecule has 0 fully saturated rings. The summed E-state index contributed by atoms with van der Waals surface area (Å²) in [5.41, 5.74) is 3.29. The third-order valence-electron chi connectivity index (χ3n) is 5.74. The van der Waals surface area contributed by atoms with E-state index >= 15 is 0 Å². The van der Waals surface area contributed by atoms with E-state index in [4.69, 9.17) is 4.74 Å². The zero-order valence-electron chi connectivity index (χ0n) is 18.0. The van der Waals surface area contributed by atoms with Crippen LogP contribution >= 0.6 is 0 Å². The van der Waals surface area contributed by atoms with Crippen molar-refractivity contribution in [2.24, 2.45) is 4.99 Å². The highest BCUT2D eigenvalue weighted by Crippen LogP contribution is 2.30. The molecule has 0 aromatic heterocycles. The number of rotatable bonds is 7. The normalized spacial score (nSPS) is 17.0. The molecule has 2 aliphatic heterocycles. The van der Waals surface area contributed by atoms with Gasteiger partial charge in [-0.05, 0) is 47.0 Å². The number of benzene rings is 3. The maximum absolute atomic E-state index is 13.4. The maximum Gasteiger partial charge on any atom is 0.210 e. The van der Waals surface area contributed by atoms with Crippen molar-refractivity contribution < 1.29 is 13.2 Å². The van der Waals surface area contributed by atoms with Gasteiger partial charge in [-0.2, -0.15) is 0 Å². The van der Waals surface area contributed by atoms with E-state index in [1.165, 1.54) is 5.57 Å². The van der Waals surface area contributed by atoms with Crippen LogP contribution in [-0.2, 0) is 23.0 Å². The number of hydrogen-bond donors (Lipinski definition) is 0. The molecule has 1 unspecified atom stereocenters. The minimum atomic E-state index is -3.72. The van der Waals surface area contributed by atoms with E-state index < -0.39 is 9.84 Å². The predicted octanol–water partition coefficient (Wildman–Crippen LogP) is 5.15. The number of hydrogen-bond acceptors (Lipinski definition) is 5. The lowest BCUT2D eigenvalue weighted by atomic mass is 10.1. The topological polar surface area (TPSA) is 59.0 Å². The molecule has 0 saturated heterocycles.